The Bertz CT molecular complexity index is 1540. The maximum Gasteiger partial charge on any atom is 0.416 e. The number of nitro groups is 1. The van der Waals surface area contributed by atoms with E-state index in [0.29, 0.717) is 23.4 Å². The minimum atomic E-state index is -4.78. The Balaban J connectivity index is 1.62. The first kappa shape index (κ1) is 27.3. The van der Waals surface area contributed by atoms with E-state index in [4.69, 9.17) is 9.47 Å². The molecule has 0 bridgehead atoms. The highest BCUT2D eigenvalue weighted by atomic mass is 79.9. The summed E-state index contributed by atoms with van der Waals surface area (Å²) in [5.74, 6) is -1.74. The van der Waals surface area contributed by atoms with Crippen molar-refractivity contribution >= 4 is 51.2 Å². The van der Waals surface area contributed by atoms with Gasteiger partial charge < -0.3 is 9.47 Å². The average Bonchev–Trinajstić information content (AvgIpc) is 2.87. The smallest absolute Gasteiger partial charge is 0.416 e. The number of hydrogen-bond donors (Lipinski definition) is 1. The van der Waals surface area contributed by atoms with Crippen molar-refractivity contribution in [3.8, 4) is 17.2 Å². The number of alkyl halides is 3. The second kappa shape index (κ2) is 10.6. The zero-order chi connectivity index (χ0) is 28.5. The number of benzene rings is 3. The summed E-state index contributed by atoms with van der Waals surface area (Å²) < 4.78 is 49.6. The zero-order valence-corrected chi connectivity index (χ0v) is 21.2. The molecule has 0 unspecified atom stereocenters. The van der Waals surface area contributed by atoms with Crippen molar-refractivity contribution in [1.29, 1.82) is 0 Å². The lowest BCUT2D eigenvalue weighted by molar-refractivity contribution is -0.385. The fourth-order valence-electron chi connectivity index (χ4n) is 3.52. The van der Waals surface area contributed by atoms with Crippen LogP contribution in [0.15, 0.2) is 70.7 Å². The quantitative estimate of drug-likeness (QED) is 0.162. The van der Waals surface area contributed by atoms with Crippen molar-refractivity contribution in [3.63, 3.8) is 0 Å². The Labute approximate surface area is 225 Å². The van der Waals surface area contributed by atoms with Gasteiger partial charge in [0.15, 0.2) is 0 Å². The fourth-order valence-corrected chi connectivity index (χ4v) is 4.00. The van der Waals surface area contributed by atoms with E-state index in [9.17, 15) is 37.7 Å². The third-order valence-electron chi connectivity index (χ3n) is 5.40. The number of nitrogens with one attached hydrogen (secondary N) is 1. The van der Waals surface area contributed by atoms with E-state index in [1.54, 1.807) is 0 Å². The van der Waals surface area contributed by atoms with Crippen molar-refractivity contribution in [2.24, 2.45) is 0 Å². The van der Waals surface area contributed by atoms with Crippen LogP contribution in [0, 0.1) is 10.1 Å². The van der Waals surface area contributed by atoms with E-state index in [2.05, 4.69) is 21.2 Å². The van der Waals surface area contributed by atoms with Crippen LogP contribution in [0.25, 0.3) is 6.08 Å². The molecule has 0 spiro atoms. The predicted octanol–water partition coefficient (Wildman–Crippen LogP) is 5.84. The highest BCUT2D eigenvalue weighted by Crippen LogP contribution is 2.39. The molecule has 1 saturated heterocycles. The first-order valence-corrected chi connectivity index (χ1v) is 11.6. The number of rotatable bonds is 6. The van der Waals surface area contributed by atoms with Crippen molar-refractivity contribution in [2.45, 2.75) is 6.18 Å². The summed E-state index contributed by atoms with van der Waals surface area (Å²) in [6, 6.07) is 11.1. The van der Waals surface area contributed by atoms with E-state index in [1.807, 2.05) is 0 Å². The number of halogens is 4. The van der Waals surface area contributed by atoms with E-state index >= 15 is 0 Å². The van der Waals surface area contributed by atoms with Crippen molar-refractivity contribution in [1.82, 2.24) is 5.32 Å². The Kier molecular flexibility index (Phi) is 7.40. The highest BCUT2D eigenvalue weighted by Gasteiger charge is 2.37. The Morgan fingerprint density at radius 2 is 1.67 bits per heavy atom. The second-order valence-corrected chi connectivity index (χ2v) is 8.74. The number of barbiturate groups is 1. The fraction of sp³-hybridized carbons (Fsp3) is 0.0800. The monoisotopic (exact) mass is 605 g/mol. The molecule has 0 aromatic heterocycles. The maximum atomic E-state index is 13.1. The van der Waals surface area contributed by atoms with Crippen LogP contribution < -0.4 is 19.7 Å². The molecule has 4 amide bonds. The summed E-state index contributed by atoms with van der Waals surface area (Å²) in [5, 5.41) is 13.4. The summed E-state index contributed by atoms with van der Waals surface area (Å²) in [7, 11) is 1.45. The Morgan fingerprint density at radius 1 is 1.00 bits per heavy atom. The number of carbonyl (C=O) groups excluding carboxylic acids is 3. The number of imide groups is 2. The maximum absolute atomic E-state index is 13.1. The standard InChI is InChI=1S/C25H15BrF3N3O7/c1-38-16-6-4-15(5-7-16)31-23(34)17(22(33)30-24(31)35)10-13-2-8-20(18(26)11-13)39-21-9-3-14(25(27,28)29)12-19(21)32(36)37/h2-12H,1H3,(H,30,33,35)/b17-10+. The molecule has 200 valence electrons. The number of hydrogen-bond acceptors (Lipinski definition) is 7. The third-order valence-corrected chi connectivity index (χ3v) is 6.02. The number of methoxy groups -OCH3 is 1. The SMILES string of the molecule is COc1ccc(N2C(=O)NC(=O)/C(=C\c3ccc(Oc4ccc(C(F)(F)F)cc4[N+](=O)[O-])c(Br)c3)C2=O)cc1. The summed E-state index contributed by atoms with van der Waals surface area (Å²) >= 11 is 3.21. The summed E-state index contributed by atoms with van der Waals surface area (Å²) in [5.41, 5.74) is -1.96. The molecule has 1 heterocycles. The van der Waals surface area contributed by atoms with Gasteiger partial charge in [0.05, 0.1) is 27.8 Å². The van der Waals surface area contributed by atoms with Crippen LogP contribution in [0.4, 0.5) is 29.3 Å². The van der Waals surface area contributed by atoms with Crippen molar-refractivity contribution in [2.75, 3.05) is 12.0 Å². The van der Waals surface area contributed by atoms with Gasteiger partial charge in [-0.2, -0.15) is 13.2 Å². The molecule has 4 rings (SSSR count). The van der Waals surface area contributed by atoms with Crippen LogP contribution in [0.2, 0.25) is 0 Å². The molecule has 0 saturated carbocycles. The molecular formula is C25H15BrF3N3O7. The first-order valence-electron chi connectivity index (χ1n) is 10.8. The van der Waals surface area contributed by atoms with Crippen molar-refractivity contribution in [3.05, 3.63) is 92.0 Å². The summed E-state index contributed by atoms with van der Waals surface area (Å²) in [4.78, 5) is 49.0. The van der Waals surface area contributed by atoms with Crippen LogP contribution in [0.3, 0.4) is 0 Å². The van der Waals surface area contributed by atoms with Gasteiger partial charge in [0, 0.05) is 6.07 Å². The lowest BCUT2D eigenvalue weighted by atomic mass is 10.1. The highest BCUT2D eigenvalue weighted by molar-refractivity contribution is 9.10. The van der Waals surface area contributed by atoms with Crippen LogP contribution in [0.5, 0.6) is 17.2 Å². The van der Waals surface area contributed by atoms with Gasteiger partial charge in [-0.25, -0.2) is 9.69 Å². The molecular weight excluding hydrogens is 591 g/mol. The van der Waals surface area contributed by atoms with Gasteiger partial charge in [-0.05, 0) is 76.1 Å². The van der Waals surface area contributed by atoms with Gasteiger partial charge in [0.25, 0.3) is 11.8 Å². The summed E-state index contributed by atoms with van der Waals surface area (Å²) in [6.45, 7) is 0. The van der Waals surface area contributed by atoms with Gasteiger partial charge in [0.1, 0.15) is 17.1 Å². The van der Waals surface area contributed by atoms with Gasteiger partial charge >= 0.3 is 17.9 Å². The first-order chi connectivity index (χ1) is 18.4. The molecule has 0 atom stereocenters. The van der Waals surface area contributed by atoms with Crippen LogP contribution in [0.1, 0.15) is 11.1 Å². The lowest BCUT2D eigenvalue weighted by Crippen LogP contribution is -2.54. The number of amides is 4. The molecule has 0 radical (unpaired) electrons. The molecule has 39 heavy (non-hydrogen) atoms. The number of ether oxygens (including phenoxy) is 2. The molecule has 3 aromatic rings. The average molecular weight is 606 g/mol. The largest absolute Gasteiger partial charge is 0.497 e. The van der Waals surface area contributed by atoms with E-state index in [0.717, 1.165) is 11.0 Å². The number of carbonyl (C=O) groups is 3. The molecule has 1 aliphatic rings. The molecule has 0 aliphatic carbocycles. The van der Waals surface area contributed by atoms with Gasteiger partial charge in [-0.1, -0.05) is 6.07 Å². The van der Waals surface area contributed by atoms with Gasteiger partial charge in [-0.15, -0.1) is 0 Å². The predicted molar refractivity (Wildman–Crippen MR) is 134 cm³/mol. The lowest BCUT2D eigenvalue weighted by Gasteiger charge is -2.26. The normalized spacial score (nSPS) is 14.8. The van der Waals surface area contributed by atoms with Crippen molar-refractivity contribution < 1.29 is 42.0 Å². The summed E-state index contributed by atoms with van der Waals surface area (Å²) in [6.07, 6.45) is -3.56. The van der Waals surface area contributed by atoms with Gasteiger partial charge in [0.2, 0.25) is 5.75 Å². The number of anilines is 1. The van der Waals surface area contributed by atoms with Crippen LogP contribution in [-0.4, -0.2) is 29.9 Å². The van der Waals surface area contributed by atoms with Crippen LogP contribution in [-0.2, 0) is 15.8 Å². The van der Waals surface area contributed by atoms with E-state index in [1.165, 1.54) is 55.7 Å². The number of urea groups is 1. The third kappa shape index (κ3) is 5.75. The number of nitrogens with zero attached hydrogens (tertiary/aromatic N) is 2. The molecule has 1 fully saturated rings. The minimum Gasteiger partial charge on any atom is -0.497 e. The molecule has 1 aliphatic heterocycles. The van der Waals surface area contributed by atoms with E-state index in [-0.39, 0.29) is 21.5 Å². The Hall–Kier alpha value is -4.72. The molecule has 3 aromatic carbocycles. The van der Waals surface area contributed by atoms with E-state index < -0.39 is 45.9 Å². The second-order valence-electron chi connectivity index (χ2n) is 7.89. The zero-order valence-electron chi connectivity index (χ0n) is 19.6. The van der Waals surface area contributed by atoms with Crippen LogP contribution >= 0.6 is 15.9 Å². The molecule has 10 nitrogen and oxygen atoms in total. The molecule has 14 heteroatoms. The van der Waals surface area contributed by atoms with Gasteiger partial charge in [-0.3, -0.25) is 25.0 Å². The number of nitro benzene ring substituents is 1. The minimum absolute atomic E-state index is 0.00877. The molecule has 1 N–H and O–H groups in total. The topological polar surface area (TPSA) is 128 Å². The Morgan fingerprint density at radius 3 is 2.26 bits per heavy atom.